The number of aliphatic hydroxyl groups is 1. The van der Waals surface area contributed by atoms with Gasteiger partial charge in [-0.2, -0.15) is 0 Å². The zero-order valence-electron chi connectivity index (χ0n) is 13.5. The Kier molecular flexibility index (Phi) is 5.63. The Hall–Kier alpha value is -1.03. The maximum atomic E-state index is 12.0. The molecule has 0 bridgehead atoms. The van der Waals surface area contributed by atoms with Gasteiger partial charge in [0, 0.05) is 25.1 Å². The van der Waals surface area contributed by atoms with Crippen molar-refractivity contribution in [1.82, 2.24) is 4.90 Å². The van der Waals surface area contributed by atoms with Crippen molar-refractivity contribution in [2.45, 2.75) is 59.5 Å². The first-order valence-electron chi connectivity index (χ1n) is 7.40. The van der Waals surface area contributed by atoms with E-state index >= 15 is 0 Å². The number of rotatable bonds is 3. The number of nitrogens with zero attached hydrogens (tertiary/aromatic N) is 1. The number of amides is 1. The molecule has 1 heterocycles. The van der Waals surface area contributed by atoms with Gasteiger partial charge in [-0.1, -0.05) is 11.6 Å². The lowest BCUT2D eigenvalue weighted by molar-refractivity contribution is 0.000387. The summed E-state index contributed by atoms with van der Waals surface area (Å²) in [4.78, 5) is 13.8. The van der Waals surface area contributed by atoms with Crippen LogP contribution in [0.15, 0.2) is 11.6 Å². The van der Waals surface area contributed by atoms with Gasteiger partial charge in [-0.15, -0.1) is 0 Å². The maximum absolute atomic E-state index is 12.0. The molecule has 20 heavy (non-hydrogen) atoms. The zero-order chi connectivity index (χ0) is 15.4. The van der Waals surface area contributed by atoms with Gasteiger partial charge in [0.15, 0.2) is 0 Å². The SMILES string of the molecule is CC(C)=CCC1(CO)CCN(C(=O)OC(C)(C)C)CC1. The topological polar surface area (TPSA) is 49.8 Å². The van der Waals surface area contributed by atoms with Gasteiger partial charge in [0.05, 0.1) is 0 Å². The smallest absolute Gasteiger partial charge is 0.410 e. The van der Waals surface area contributed by atoms with Gasteiger partial charge < -0.3 is 14.7 Å². The predicted molar refractivity (Wildman–Crippen MR) is 80.6 cm³/mol. The van der Waals surface area contributed by atoms with Crippen LogP contribution >= 0.6 is 0 Å². The molecule has 0 aromatic heterocycles. The highest BCUT2D eigenvalue weighted by Crippen LogP contribution is 2.35. The normalized spacial score (nSPS) is 18.6. The molecule has 0 saturated carbocycles. The summed E-state index contributed by atoms with van der Waals surface area (Å²) < 4.78 is 5.39. The van der Waals surface area contributed by atoms with E-state index < -0.39 is 5.60 Å². The molecular weight excluding hydrogens is 254 g/mol. The molecule has 0 atom stereocenters. The number of likely N-dealkylation sites (tertiary alicyclic amines) is 1. The average molecular weight is 283 g/mol. The molecule has 0 spiro atoms. The number of aliphatic hydroxyl groups excluding tert-OH is 1. The molecule has 0 aromatic carbocycles. The lowest BCUT2D eigenvalue weighted by Crippen LogP contribution is -2.46. The van der Waals surface area contributed by atoms with Crippen molar-refractivity contribution in [3.63, 3.8) is 0 Å². The Labute approximate surface area is 122 Å². The van der Waals surface area contributed by atoms with Crippen LogP contribution in [0.2, 0.25) is 0 Å². The highest BCUT2D eigenvalue weighted by atomic mass is 16.6. The van der Waals surface area contributed by atoms with E-state index in [-0.39, 0.29) is 18.1 Å². The van der Waals surface area contributed by atoms with Gasteiger partial charge in [0.2, 0.25) is 0 Å². The van der Waals surface area contributed by atoms with Crippen molar-refractivity contribution in [2.24, 2.45) is 5.41 Å². The van der Waals surface area contributed by atoms with Crippen LogP contribution in [0.25, 0.3) is 0 Å². The van der Waals surface area contributed by atoms with Crippen LogP contribution in [0.3, 0.4) is 0 Å². The standard InChI is InChI=1S/C16H29NO3/c1-13(2)6-7-16(12-18)8-10-17(11-9-16)14(19)20-15(3,4)5/h6,18H,7-12H2,1-5H3. The van der Waals surface area contributed by atoms with Crippen LogP contribution in [-0.4, -0.2) is 41.4 Å². The van der Waals surface area contributed by atoms with Crippen LogP contribution in [-0.2, 0) is 4.74 Å². The van der Waals surface area contributed by atoms with Crippen LogP contribution in [0, 0.1) is 5.41 Å². The number of hydrogen-bond acceptors (Lipinski definition) is 3. The van der Waals surface area contributed by atoms with E-state index in [9.17, 15) is 9.90 Å². The minimum absolute atomic E-state index is 0.0736. The van der Waals surface area contributed by atoms with Crippen molar-refractivity contribution in [2.75, 3.05) is 19.7 Å². The molecule has 0 unspecified atom stereocenters. The fraction of sp³-hybridized carbons (Fsp3) is 0.812. The van der Waals surface area contributed by atoms with E-state index in [1.54, 1.807) is 4.90 Å². The summed E-state index contributed by atoms with van der Waals surface area (Å²) >= 11 is 0. The molecule has 1 aliphatic heterocycles. The Morgan fingerprint density at radius 2 is 1.85 bits per heavy atom. The number of hydrogen-bond donors (Lipinski definition) is 1. The number of ether oxygens (including phenoxy) is 1. The molecule has 0 radical (unpaired) electrons. The summed E-state index contributed by atoms with van der Waals surface area (Å²) in [6.07, 6.45) is 4.47. The summed E-state index contributed by atoms with van der Waals surface area (Å²) in [6, 6.07) is 0. The Morgan fingerprint density at radius 3 is 2.25 bits per heavy atom. The van der Waals surface area contributed by atoms with E-state index in [0.717, 1.165) is 19.3 Å². The molecule has 116 valence electrons. The van der Waals surface area contributed by atoms with E-state index in [1.807, 2.05) is 20.8 Å². The summed E-state index contributed by atoms with van der Waals surface area (Å²) in [7, 11) is 0. The minimum Gasteiger partial charge on any atom is -0.444 e. The summed E-state index contributed by atoms with van der Waals surface area (Å²) in [5.41, 5.74) is 0.743. The predicted octanol–water partition coefficient (Wildman–Crippen LogP) is 3.35. The first-order valence-corrected chi connectivity index (χ1v) is 7.40. The van der Waals surface area contributed by atoms with Crippen molar-refractivity contribution in [3.05, 3.63) is 11.6 Å². The second-order valence-corrected chi connectivity index (χ2v) is 7.11. The largest absolute Gasteiger partial charge is 0.444 e. The average Bonchev–Trinajstić information content (AvgIpc) is 2.35. The first-order chi connectivity index (χ1) is 9.17. The molecule has 1 aliphatic rings. The quantitative estimate of drug-likeness (QED) is 0.808. The second kappa shape index (κ2) is 6.61. The number of piperidine rings is 1. The molecule has 1 saturated heterocycles. The van der Waals surface area contributed by atoms with Crippen LogP contribution in [0.5, 0.6) is 0 Å². The molecule has 4 heteroatoms. The third-order valence-corrected chi connectivity index (χ3v) is 3.75. The monoisotopic (exact) mass is 283 g/mol. The van der Waals surface area contributed by atoms with E-state index in [2.05, 4.69) is 19.9 Å². The van der Waals surface area contributed by atoms with Crippen molar-refractivity contribution >= 4 is 6.09 Å². The Bertz CT molecular complexity index is 356. The first kappa shape index (κ1) is 17.0. The highest BCUT2D eigenvalue weighted by Gasteiger charge is 2.35. The molecular formula is C16H29NO3. The molecule has 1 rings (SSSR count). The maximum Gasteiger partial charge on any atom is 0.410 e. The van der Waals surface area contributed by atoms with Gasteiger partial charge in [-0.25, -0.2) is 4.79 Å². The molecule has 0 aliphatic carbocycles. The number of carbonyl (C=O) groups excluding carboxylic acids is 1. The second-order valence-electron chi connectivity index (χ2n) is 7.11. The minimum atomic E-state index is -0.454. The van der Waals surface area contributed by atoms with Gasteiger partial charge in [-0.3, -0.25) is 0 Å². The van der Waals surface area contributed by atoms with E-state index in [0.29, 0.717) is 13.1 Å². The fourth-order valence-electron chi connectivity index (χ4n) is 2.34. The van der Waals surface area contributed by atoms with Crippen molar-refractivity contribution < 1.29 is 14.6 Å². The number of carbonyl (C=O) groups is 1. The van der Waals surface area contributed by atoms with Crippen LogP contribution in [0.4, 0.5) is 4.79 Å². The number of allylic oxidation sites excluding steroid dienone is 2. The summed E-state index contributed by atoms with van der Waals surface area (Å²) in [5.74, 6) is 0. The molecule has 1 fully saturated rings. The molecule has 0 aromatic rings. The van der Waals surface area contributed by atoms with Gasteiger partial charge in [-0.05, 0) is 53.9 Å². The Balaban J connectivity index is 2.57. The van der Waals surface area contributed by atoms with Crippen LogP contribution in [0.1, 0.15) is 53.9 Å². The lowest BCUT2D eigenvalue weighted by Gasteiger charge is -2.40. The van der Waals surface area contributed by atoms with Gasteiger partial charge in [0.25, 0.3) is 0 Å². The van der Waals surface area contributed by atoms with Crippen molar-refractivity contribution in [3.8, 4) is 0 Å². The summed E-state index contributed by atoms with van der Waals surface area (Å²) in [6.45, 7) is 11.3. The van der Waals surface area contributed by atoms with Crippen molar-refractivity contribution in [1.29, 1.82) is 0 Å². The van der Waals surface area contributed by atoms with E-state index in [1.165, 1.54) is 5.57 Å². The fourth-order valence-corrected chi connectivity index (χ4v) is 2.34. The molecule has 1 N–H and O–H groups in total. The van der Waals surface area contributed by atoms with Crippen LogP contribution < -0.4 is 0 Å². The Morgan fingerprint density at radius 1 is 1.30 bits per heavy atom. The highest BCUT2D eigenvalue weighted by molar-refractivity contribution is 5.68. The zero-order valence-corrected chi connectivity index (χ0v) is 13.5. The van der Waals surface area contributed by atoms with Gasteiger partial charge in [0.1, 0.15) is 5.60 Å². The van der Waals surface area contributed by atoms with E-state index in [4.69, 9.17) is 4.74 Å². The molecule has 4 nitrogen and oxygen atoms in total. The third kappa shape index (κ3) is 5.16. The lowest BCUT2D eigenvalue weighted by atomic mass is 9.76. The van der Waals surface area contributed by atoms with Gasteiger partial charge >= 0.3 is 6.09 Å². The molecule has 1 amide bonds. The third-order valence-electron chi connectivity index (χ3n) is 3.75. The summed E-state index contributed by atoms with van der Waals surface area (Å²) in [5, 5.41) is 9.70.